The predicted molar refractivity (Wildman–Crippen MR) is 87.4 cm³/mol. The molecule has 0 aliphatic carbocycles. The number of phenolic OH excluding ortho intramolecular Hbond substituents is 2. The standard InChI is InChI=1S/C17H17N3O3/c1-10(6-11-2-5-15(21)16(22)7-11)17(23)20-9-19-13-8-12(18)3-4-14(13)20/h2-5,7-10,21-22H,6,18H2,1H3. The van der Waals surface area contributed by atoms with Gasteiger partial charge in [-0.1, -0.05) is 13.0 Å². The van der Waals surface area contributed by atoms with Gasteiger partial charge in [-0.2, -0.15) is 0 Å². The van der Waals surface area contributed by atoms with Gasteiger partial charge in [-0.05, 0) is 42.3 Å². The Bertz CT molecular complexity index is 886. The minimum atomic E-state index is -0.311. The summed E-state index contributed by atoms with van der Waals surface area (Å²) in [7, 11) is 0. The first-order chi connectivity index (χ1) is 11.0. The zero-order valence-corrected chi connectivity index (χ0v) is 12.6. The number of imidazole rings is 1. The van der Waals surface area contributed by atoms with Crippen LogP contribution in [0.5, 0.6) is 11.5 Å². The highest BCUT2D eigenvalue weighted by atomic mass is 16.3. The minimum Gasteiger partial charge on any atom is -0.504 e. The first-order valence-corrected chi connectivity index (χ1v) is 7.23. The number of nitrogens with two attached hydrogens (primary N) is 1. The Balaban J connectivity index is 1.84. The second-order valence-electron chi connectivity index (χ2n) is 5.63. The molecule has 0 aliphatic rings. The molecule has 3 rings (SSSR count). The van der Waals surface area contributed by atoms with Gasteiger partial charge in [-0.15, -0.1) is 0 Å². The lowest BCUT2D eigenvalue weighted by molar-refractivity contribution is 0.0849. The van der Waals surface area contributed by atoms with Crippen molar-refractivity contribution in [2.75, 3.05) is 5.73 Å². The summed E-state index contributed by atoms with van der Waals surface area (Å²) in [5, 5.41) is 18.9. The highest BCUT2D eigenvalue weighted by Gasteiger charge is 2.18. The molecule has 1 atom stereocenters. The maximum atomic E-state index is 12.6. The average Bonchev–Trinajstić information content (AvgIpc) is 2.93. The molecule has 3 aromatic rings. The van der Waals surface area contributed by atoms with Crippen molar-refractivity contribution in [2.24, 2.45) is 5.92 Å². The van der Waals surface area contributed by atoms with E-state index < -0.39 is 0 Å². The third-order valence-corrected chi connectivity index (χ3v) is 3.81. The van der Waals surface area contributed by atoms with Crippen molar-refractivity contribution in [3.63, 3.8) is 0 Å². The maximum absolute atomic E-state index is 12.6. The minimum absolute atomic E-state index is 0.0927. The number of carbonyl (C=O) groups is 1. The molecule has 1 unspecified atom stereocenters. The summed E-state index contributed by atoms with van der Waals surface area (Å²) in [5.41, 5.74) is 8.48. The van der Waals surface area contributed by atoms with Crippen molar-refractivity contribution in [3.8, 4) is 11.5 Å². The molecule has 4 N–H and O–H groups in total. The highest BCUT2D eigenvalue weighted by molar-refractivity contribution is 5.92. The molecule has 0 fully saturated rings. The van der Waals surface area contributed by atoms with Crippen LogP contribution in [0, 0.1) is 5.92 Å². The van der Waals surface area contributed by atoms with E-state index in [1.807, 2.05) is 6.92 Å². The molecular weight excluding hydrogens is 294 g/mol. The molecule has 1 aromatic heterocycles. The van der Waals surface area contributed by atoms with Gasteiger partial charge in [0.05, 0.1) is 11.0 Å². The monoisotopic (exact) mass is 311 g/mol. The van der Waals surface area contributed by atoms with Crippen molar-refractivity contribution in [1.29, 1.82) is 0 Å². The summed E-state index contributed by atoms with van der Waals surface area (Å²) in [5.74, 6) is -0.768. The first-order valence-electron chi connectivity index (χ1n) is 7.23. The number of phenols is 2. The number of fused-ring (bicyclic) bond motifs is 1. The number of hydrogen-bond donors (Lipinski definition) is 3. The predicted octanol–water partition coefficient (Wildman–Crippen LogP) is 2.55. The van der Waals surface area contributed by atoms with Crippen LogP contribution >= 0.6 is 0 Å². The summed E-state index contributed by atoms with van der Waals surface area (Å²) >= 11 is 0. The summed E-state index contributed by atoms with van der Waals surface area (Å²) in [6.07, 6.45) is 1.94. The summed E-state index contributed by atoms with van der Waals surface area (Å²) in [6.45, 7) is 1.81. The zero-order chi connectivity index (χ0) is 16.6. The van der Waals surface area contributed by atoms with Crippen LogP contribution in [-0.4, -0.2) is 25.7 Å². The maximum Gasteiger partial charge on any atom is 0.235 e. The normalized spacial score (nSPS) is 12.4. The number of aromatic hydroxyl groups is 2. The van der Waals surface area contributed by atoms with E-state index in [-0.39, 0.29) is 23.3 Å². The number of benzene rings is 2. The van der Waals surface area contributed by atoms with Gasteiger partial charge in [0.15, 0.2) is 11.5 Å². The molecule has 6 heteroatoms. The topological polar surface area (TPSA) is 101 Å². The number of aromatic nitrogens is 2. The van der Waals surface area contributed by atoms with Crippen LogP contribution in [0.1, 0.15) is 17.3 Å². The number of nitrogen functional groups attached to an aromatic ring is 1. The summed E-state index contributed by atoms with van der Waals surface area (Å²) in [6, 6.07) is 9.79. The van der Waals surface area contributed by atoms with Gasteiger partial charge >= 0.3 is 0 Å². The Morgan fingerprint density at radius 1 is 1.22 bits per heavy atom. The lowest BCUT2D eigenvalue weighted by atomic mass is 10.00. The van der Waals surface area contributed by atoms with Crippen LogP contribution in [-0.2, 0) is 6.42 Å². The number of hydrogen-bond acceptors (Lipinski definition) is 5. The van der Waals surface area contributed by atoms with Crippen LogP contribution in [0.25, 0.3) is 11.0 Å². The van der Waals surface area contributed by atoms with Crippen LogP contribution < -0.4 is 5.73 Å². The lowest BCUT2D eigenvalue weighted by Gasteiger charge is -2.12. The van der Waals surface area contributed by atoms with Crippen molar-refractivity contribution >= 4 is 22.6 Å². The summed E-state index contributed by atoms with van der Waals surface area (Å²) in [4.78, 5) is 16.8. The fourth-order valence-corrected chi connectivity index (χ4v) is 2.58. The molecule has 118 valence electrons. The van der Waals surface area contributed by atoms with E-state index in [2.05, 4.69) is 4.98 Å². The van der Waals surface area contributed by atoms with Crippen molar-refractivity contribution in [1.82, 2.24) is 9.55 Å². The Morgan fingerprint density at radius 3 is 2.74 bits per heavy atom. The van der Waals surface area contributed by atoms with Crippen molar-refractivity contribution in [3.05, 3.63) is 48.3 Å². The van der Waals surface area contributed by atoms with Crippen LogP contribution in [0.3, 0.4) is 0 Å². The molecule has 0 saturated heterocycles. The smallest absolute Gasteiger partial charge is 0.235 e. The molecule has 0 radical (unpaired) electrons. The van der Waals surface area contributed by atoms with E-state index in [1.54, 1.807) is 24.3 Å². The van der Waals surface area contributed by atoms with E-state index in [0.717, 1.165) is 5.56 Å². The fraction of sp³-hybridized carbons (Fsp3) is 0.176. The number of nitrogens with zero attached hydrogens (tertiary/aromatic N) is 2. The van der Waals surface area contributed by atoms with Crippen LogP contribution in [0.15, 0.2) is 42.7 Å². The number of carbonyl (C=O) groups excluding carboxylic acids is 1. The molecular formula is C17H17N3O3. The Hall–Kier alpha value is -3.02. The first kappa shape index (κ1) is 14.9. The highest BCUT2D eigenvalue weighted by Crippen LogP contribution is 2.26. The molecule has 2 aromatic carbocycles. The molecule has 0 bridgehead atoms. The van der Waals surface area contributed by atoms with E-state index in [0.29, 0.717) is 23.1 Å². The number of rotatable bonds is 3. The quantitative estimate of drug-likeness (QED) is 0.509. The molecule has 0 spiro atoms. The second-order valence-corrected chi connectivity index (χ2v) is 5.63. The van der Waals surface area contributed by atoms with Gasteiger partial charge in [-0.3, -0.25) is 9.36 Å². The van der Waals surface area contributed by atoms with Crippen molar-refractivity contribution < 1.29 is 15.0 Å². The van der Waals surface area contributed by atoms with Gasteiger partial charge in [0.1, 0.15) is 6.33 Å². The zero-order valence-electron chi connectivity index (χ0n) is 12.6. The third-order valence-electron chi connectivity index (χ3n) is 3.81. The second kappa shape index (κ2) is 5.64. The van der Waals surface area contributed by atoms with Crippen LogP contribution in [0.4, 0.5) is 5.69 Å². The largest absolute Gasteiger partial charge is 0.504 e. The summed E-state index contributed by atoms with van der Waals surface area (Å²) < 4.78 is 1.51. The molecule has 0 saturated carbocycles. The van der Waals surface area contributed by atoms with E-state index in [4.69, 9.17) is 5.73 Å². The van der Waals surface area contributed by atoms with E-state index in [1.165, 1.54) is 23.0 Å². The molecule has 0 amide bonds. The average molecular weight is 311 g/mol. The Labute approximate surface area is 132 Å². The van der Waals surface area contributed by atoms with Gasteiger partial charge in [0, 0.05) is 11.6 Å². The molecule has 1 heterocycles. The lowest BCUT2D eigenvalue weighted by Crippen LogP contribution is -2.20. The molecule has 23 heavy (non-hydrogen) atoms. The Kier molecular flexibility index (Phi) is 3.65. The van der Waals surface area contributed by atoms with Crippen LogP contribution in [0.2, 0.25) is 0 Å². The molecule has 0 aliphatic heterocycles. The Morgan fingerprint density at radius 2 is 2.00 bits per heavy atom. The van der Waals surface area contributed by atoms with Gasteiger partial charge in [0.2, 0.25) is 5.91 Å². The fourth-order valence-electron chi connectivity index (χ4n) is 2.58. The molecule has 6 nitrogen and oxygen atoms in total. The van der Waals surface area contributed by atoms with Crippen molar-refractivity contribution in [2.45, 2.75) is 13.3 Å². The van der Waals surface area contributed by atoms with Gasteiger partial charge in [-0.25, -0.2) is 4.98 Å². The van der Waals surface area contributed by atoms with Gasteiger partial charge in [0.25, 0.3) is 0 Å². The third kappa shape index (κ3) is 2.83. The SMILES string of the molecule is CC(Cc1ccc(O)c(O)c1)C(=O)n1cnc2cc(N)ccc21. The van der Waals surface area contributed by atoms with Gasteiger partial charge < -0.3 is 15.9 Å². The van der Waals surface area contributed by atoms with E-state index in [9.17, 15) is 15.0 Å². The number of anilines is 1. The van der Waals surface area contributed by atoms with E-state index >= 15 is 0 Å².